The third kappa shape index (κ3) is 2.01. The Morgan fingerprint density at radius 3 is 2.30 bits per heavy atom. The van der Waals surface area contributed by atoms with E-state index in [4.69, 9.17) is 5.21 Å². The van der Waals surface area contributed by atoms with Gasteiger partial charge in [0.25, 0.3) is 0 Å². The summed E-state index contributed by atoms with van der Waals surface area (Å²) < 4.78 is 0. The highest BCUT2D eigenvalue weighted by Gasteiger charge is 2.34. The second-order valence-corrected chi connectivity index (χ2v) is 6.23. The normalized spacial score (nSPS) is 18.2. The average molecular weight is 265 g/mol. The summed E-state index contributed by atoms with van der Waals surface area (Å²) in [5.41, 5.74) is 6.87. The number of hydrogen-bond donors (Lipinski definition) is 1. The van der Waals surface area contributed by atoms with Gasteiger partial charge in [-0.1, -0.05) is 61.0 Å². The fraction of sp³-hybridized carbons (Fsp3) is 0.278. The van der Waals surface area contributed by atoms with E-state index < -0.39 is 0 Å². The van der Waals surface area contributed by atoms with Gasteiger partial charge in [0.1, 0.15) is 0 Å². The molecule has 1 aliphatic rings. The third-order valence-electron chi connectivity index (χ3n) is 4.17. The van der Waals surface area contributed by atoms with Crippen molar-refractivity contribution in [3.63, 3.8) is 0 Å². The van der Waals surface area contributed by atoms with E-state index >= 15 is 0 Å². The molecule has 2 nitrogen and oxygen atoms in total. The van der Waals surface area contributed by atoms with Crippen LogP contribution in [0.5, 0.6) is 0 Å². The fourth-order valence-corrected chi connectivity index (χ4v) is 2.98. The Kier molecular flexibility index (Phi) is 2.89. The molecule has 0 saturated heterocycles. The van der Waals surface area contributed by atoms with Crippen molar-refractivity contribution in [1.29, 1.82) is 0 Å². The predicted molar refractivity (Wildman–Crippen MR) is 82.6 cm³/mol. The Hall–Kier alpha value is -2.09. The summed E-state index contributed by atoms with van der Waals surface area (Å²) in [5.74, 6) is 0. The monoisotopic (exact) mass is 265 g/mol. The maximum atomic E-state index is 9.15. The zero-order chi connectivity index (χ0) is 14.3. The van der Waals surface area contributed by atoms with Gasteiger partial charge in [-0.05, 0) is 35.1 Å². The zero-order valence-corrected chi connectivity index (χ0v) is 12.1. The SMILES string of the molecule is Cc1ccc(-c2ccc3c(c2)C(C)(C)C/C3=N\O)cc1. The van der Waals surface area contributed by atoms with Crippen molar-refractivity contribution in [2.75, 3.05) is 0 Å². The summed E-state index contributed by atoms with van der Waals surface area (Å²) in [7, 11) is 0. The Morgan fingerprint density at radius 2 is 1.65 bits per heavy atom. The number of hydrogen-bond acceptors (Lipinski definition) is 2. The zero-order valence-electron chi connectivity index (χ0n) is 12.1. The molecule has 0 spiro atoms. The van der Waals surface area contributed by atoms with Crippen LogP contribution >= 0.6 is 0 Å². The quantitative estimate of drug-likeness (QED) is 0.596. The van der Waals surface area contributed by atoms with Crippen molar-refractivity contribution < 1.29 is 5.21 Å². The van der Waals surface area contributed by atoms with Crippen molar-refractivity contribution in [3.05, 3.63) is 59.2 Å². The minimum absolute atomic E-state index is 0.0254. The van der Waals surface area contributed by atoms with Gasteiger partial charge in [0.2, 0.25) is 0 Å². The lowest BCUT2D eigenvalue weighted by atomic mass is 9.85. The summed E-state index contributed by atoms with van der Waals surface area (Å²) in [6.45, 7) is 6.49. The van der Waals surface area contributed by atoms with Crippen LogP contribution in [0, 0.1) is 6.92 Å². The minimum Gasteiger partial charge on any atom is -0.411 e. The number of oxime groups is 1. The third-order valence-corrected chi connectivity index (χ3v) is 4.17. The van der Waals surface area contributed by atoms with Crippen LogP contribution in [0.25, 0.3) is 11.1 Å². The average Bonchev–Trinajstić information content (AvgIpc) is 2.71. The molecule has 102 valence electrons. The molecule has 0 radical (unpaired) electrons. The van der Waals surface area contributed by atoms with Gasteiger partial charge in [0, 0.05) is 12.0 Å². The molecule has 2 aromatic rings. The van der Waals surface area contributed by atoms with Gasteiger partial charge in [-0.2, -0.15) is 0 Å². The highest BCUT2D eigenvalue weighted by molar-refractivity contribution is 6.06. The number of nitrogens with zero attached hydrogens (tertiary/aromatic N) is 1. The summed E-state index contributed by atoms with van der Waals surface area (Å²) in [4.78, 5) is 0. The Balaban J connectivity index is 2.12. The highest BCUT2D eigenvalue weighted by Crippen LogP contribution is 2.40. The molecule has 0 saturated carbocycles. The molecule has 0 heterocycles. The number of fused-ring (bicyclic) bond motifs is 1. The number of rotatable bonds is 1. The largest absolute Gasteiger partial charge is 0.411 e. The van der Waals surface area contributed by atoms with Crippen molar-refractivity contribution in [2.45, 2.75) is 32.6 Å². The summed E-state index contributed by atoms with van der Waals surface area (Å²) >= 11 is 0. The van der Waals surface area contributed by atoms with Gasteiger partial charge in [-0.25, -0.2) is 0 Å². The van der Waals surface area contributed by atoms with E-state index in [-0.39, 0.29) is 5.41 Å². The van der Waals surface area contributed by atoms with Gasteiger partial charge in [0.15, 0.2) is 0 Å². The smallest absolute Gasteiger partial charge is 0.0879 e. The standard InChI is InChI=1S/C18H19NO/c1-12-4-6-13(7-5-12)14-8-9-15-16(10-14)18(2,3)11-17(15)19-20/h4-10,20H,11H2,1-3H3/b19-17+. The van der Waals surface area contributed by atoms with Crippen molar-refractivity contribution in [3.8, 4) is 11.1 Å². The molecule has 0 fully saturated rings. The van der Waals surface area contributed by atoms with E-state index in [1.54, 1.807) is 0 Å². The summed E-state index contributed by atoms with van der Waals surface area (Å²) in [6.07, 6.45) is 0.788. The maximum Gasteiger partial charge on any atom is 0.0879 e. The second-order valence-electron chi connectivity index (χ2n) is 6.23. The van der Waals surface area contributed by atoms with Crippen LogP contribution in [-0.2, 0) is 5.41 Å². The lowest BCUT2D eigenvalue weighted by Crippen LogP contribution is -2.12. The molecule has 0 aromatic heterocycles. The molecule has 2 heteroatoms. The van der Waals surface area contributed by atoms with Crippen molar-refractivity contribution >= 4 is 5.71 Å². The van der Waals surface area contributed by atoms with Gasteiger partial charge < -0.3 is 5.21 Å². The van der Waals surface area contributed by atoms with E-state index in [1.165, 1.54) is 22.3 Å². The Bertz CT molecular complexity index is 681. The molecule has 0 amide bonds. The molecule has 0 aliphatic heterocycles. The van der Waals surface area contributed by atoms with Crippen LogP contribution in [0.15, 0.2) is 47.6 Å². The molecule has 0 bridgehead atoms. The van der Waals surface area contributed by atoms with E-state index in [0.717, 1.165) is 17.7 Å². The molecule has 0 atom stereocenters. The first kappa shape index (κ1) is 12.9. The minimum atomic E-state index is 0.0254. The van der Waals surface area contributed by atoms with E-state index in [9.17, 15) is 0 Å². The molecule has 20 heavy (non-hydrogen) atoms. The molecule has 3 rings (SSSR count). The first-order valence-corrected chi connectivity index (χ1v) is 6.94. The van der Waals surface area contributed by atoms with Crippen LogP contribution in [-0.4, -0.2) is 10.9 Å². The summed E-state index contributed by atoms with van der Waals surface area (Å²) in [5, 5.41) is 12.6. The van der Waals surface area contributed by atoms with Gasteiger partial charge in [-0.15, -0.1) is 0 Å². The van der Waals surface area contributed by atoms with E-state index in [1.807, 2.05) is 0 Å². The lowest BCUT2D eigenvalue weighted by Gasteiger charge is -2.18. The molecule has 0 unspecified atom stereocenters. The first-order valence-electron chi connectivity index (χ1n) is 6.94. The molecular formula is C18H19NO. The van der Waals surface area contributed by atoms with Crippen LogP contribution < -0.4 is 0 Å². The molecule has 1 N–H and O–H groups in total. The first-order chi connectivity index (χ1) is 9.51. The van der Waals surface area contributed by atoms with Gasteiger partial charge >= 0.3 is 0 Å². The number of aryl methyl sites for hydroxylation is 1. The molecule has 1 aliphatic carbocycles. The Morgan fingerprint density at radius 1 is 1.00 bits per heavy atom. The van der Waals surface area contributed by atoms with Crippen LogP contribution in [0.3, 0.4) is 0 Å². The Labute approximate surface area is 119 Å². The number of benzene rings is 2. The van der Waals surface area contributed by atoms with Crippen molar-refractivity contribution in [1.82, 2.24) is 0 Å². The van der Waals surface area contributed by atoms with Gasteiger partial charge in [-0.3, -0.25) is 0 Å². The van der Waals surface area contributed by atoms with Crippen LogP contribution in [0.1, 0.15) is 37.0 Å². The maximum absolute atomic E-state index is 9.15. The highest BCUT2D eigenvalue weighted by atomic mass is 16.4. The molecule has 2 aromatic carbocycles. The summed E-state index contributed by atoms with van der Waals surface area (Å²) in [6, 6.07) is 15.0. The molecular weight excluding hydrogens is 246 g/mol. The van der Waals surface area contributed by atoms with Crippen LogP contribution in [0.2, 0.25) is 0 Å². The lowest BCUT2D eigenvalue weighted by molar-refractivity contribution is 0.317. The fourth-order valence-electron chi connectivity index (χ4n) is 2.98. The van der Waals surface area contributed by atoms with E-state index in [0.29, 0.717) is 0 Å². The van der Waals surface area contributed by atoms with Crippen molar-refractivity contribution in [2.24, 2.45) is 5.16 Å². The van der Waals surface area contributed by atoms with Crippen LogP contribution in [0.4, 0.5) is 0 Å². The predicted octanol–water partition coefficient (Wildman–Crippen LogP) is 4.52. The topological polar surface area (TPSA) is 32.6 Å². The van der Waals surface area contributed by atoms with E-state index in [2.05, 4.69) is 68.4 Å². The van der Waals surface area contributed by atoms with Gasteiger partial charge in [0.05, 0.1) is 5.71 Å². The second kappa shape index (κ2) is 4.48.